The molecule has 0 N–H and O–H groups in total. The molecular weight excluding hydrogens is 408 g/mol. The Labute approximate surface area is 181 Å². The highest BCUT2D eigenvalue weighted by molar-refractivity contribution is 5.68. The van der Waals surface area contributed by atoms with Gasteiger partial charge >= 0.3 is 12.2 Å². The molecule has 2 saturated heterocycles. The van der Waals surface area contributed by atoms with Crippen LogP contribution in [-0.4, -0.2) is 83.7 Å². The molecule has 1 atom stereocenters. The molecule has 1 aromatic rings. The van der Waals surface area contributed by atoms with Gasteiger partial charge in [0.05, 0.1) is 12.6 Å². The summed E-state index contributed by atoms with van der Waals surface area (Å²) in [6, 6.07) is 8.41. The fraction of sp³-hybridized carbons (Fsp3) is 0.636. The summed E-state index contributed by atoms with van der Waals surface area (Å²) in [7, 11) is 0. The molecule has 0 aliphatic carbocycles. The van der Waals surface area contributed by atoms with Gasteiger partial charge in [0.25, 0.3) is 5.92 Å². The number of ether oxygens (including phenoxy) is 2. The maximum Gasteiger partial charge on any atom is 0.410 e. The summed E-state index contributed by atoms with van der Waals surface area (Å²) in [6.45, 7) is 6.20. The number of alkyl halides is 2. The minimum absolute atomic E-state index is 0.157. The van der Waals surface area contributed by atoms with Crippen LogP contribution in [0, 0.1) is 0 Å². The summed E-state index contributed by atoms with van der Waals surface area (Å²) in [6.07, 6.45) is -0.989. The van der Waals surface area contributed by atoms with Crippen LogP contribution in [0.4, 0.5) is 18.4 Å². The number of likely N-dealkylation sites (tertiary alicyclic amines) is 1. The van der Waals surface area contributed by atoms with Crippen LogP contribution >= 0.6 is 0 Å². The van der Waals surface area contributed by atoms with Gasteiger partial charge in [0.1, 0.15) is 12.2 Å². The summed E-state index contributed by atoms with van der Waals surface area (Å²) in [4.78, 5) is 28.8. The lowest BCUT2D eigenvalue weighted by molar-refractivity contribution is -0.131. The van der Waals surface area contributed by atoms with Gasteiger partial charge in [-0.25, -0.2) is 18.4 Å². The van der Waals surface area contributed by atoms with Crippen LogP contribution in [-0.2, 0) is 16.1 Å². The third-order valence-electron chi connectivity index (χ3n) is 5.43. The first kappa shape index (κ1) is 23.2. The molecule has 1 aromatic carbocycles. The highest BCUT2D eigenvalue weighted by atomic mass is 19.3. The Morgan fingerprint density at radius 1 is 1.00 bits per heavy atom. The number of benzene rings is 1. The molecule has 2 amide bonds. The van der Waals surface area contributed by atoms with Crippen molar-refractivity contribution in [3.8, 4) is 0 Å². The molecule has 1 unspecified atom stereocenters. The number of piperidine rings is 1. The van der Waals surface area contributed by atoms with Crippen LogP contribution in [0.2, 0.25) is 0 Å². The van der Waals surface area contributed by atoms with E-state index < -0.39 is 36.3 Å². The number of halogens is 2. The second-order valence-electron chi connectivity index (χ2n) is 9.03. The van der Waals surface area contributed by atoms with Crippen molar-refractivity contribution in [1.82, 2.24) is 14.7 Å². The molecule has 0 spiro atoms. The predicted molar refractivity (Wildman–Crippen MR) is 111 cm³/mol. The van der Waals surface area contributed by atoms with E-state index in [4.69, 9.17) is 9.47 Å². The van der Waals surface area contributed by atoms with Crippen LogP contribution in [0.25, 0.3) is 0 Å². The van der Waals surface area contributed by atoms with Gasteiger partial charge < -0.3 is 19.3 Å². The van der Waals surface area contributed by atoms with E-state index in [-0.39, 0.29) is 19.6 Å². The van der Waals surface area contributed by atoms with Crippen molar-refractivity contribution in [2.45, 2.75) is 51.4 Å². The molecule has 3 rings (SSSR count). The number of amides is 2. The van der Waals surface area contributed by atoms with Crippen LogP contribution in [0.3, 0.4) is 0 Å². The van der Waals surface area contributed by atoms with Gasteiger partial charge in [0.2, 0.25) is 0 Å². The number of nitrogens with zero attached hydrogens (tertiary/aromatic N) is 3. The fourth-order valence-electron chi connectivity index (χ4n) is 3.89. The minimum Gasteiger partial charge on any atom is -0.445 e. The second kappa shape index (κ2) is 9.38. The van der Waals surface area contributed by atoms with E-state index in [1.807, 2.05) is 30.3 Å². The predicted octanol–water partition coefficient (Wildman–Crippen LogP) is 3.59. The van der Waals surface area contributed by atoms with Crippen LogP contribution in [0.5, 0.6) is 0 Å². The zero-order valence-corrected chi connectivity index (χ0v) is 18.4. The lowest BCUT2D eigenvalue weighted by Crippen LogP contribution is -2.63. The van der Waals surface area contributed by atoms with Crippen molar-refractivity contribution in [1.29, 1.82) is 0 Å². The monoisotopic (exact) mass is 439 g/mol. The van der Waals surface area contributed by atoms with E-state index in [1.165, 1.54) is 0 Å². The maximum atomic E-state index is 14.9. The second-order valence-corrected chi connectivity index (χ2v) is 9.03. The lowest BCUT2D eigenvalue weighted by atomic mass is 9.98. The summed E-state index contributed by atoms with van der Waals surface area (Å²) in [5.41, 5.74) is 0.167. The molecule has 0 bridgehead atoms. The van der Waals surface area contributed by atoms with Gasteiger partial charge in [-0.1, -0.05) is 30.3 Å². The molecule has 31 heavy (non-hydrogen) atoms. The topological polar surface area (TPSA) is 62.3 Å². The Balaban J connectivity index is 1.48. The van der Waals surface area contributed by atoms with Crippen molar-refractivity contribution < 1.29 is 27.8 Å². The summed E-state index contributed by atoms with van der Waals surface area (Å²) >= 11 is 0. The number of carbonyl (C=O) groups excluding carboxylic acids is 2. The Morgan fingerprint density at radius 3 is 2.23 bits per heavy atom. The highest BCUT2D eigenvalue weighted by Gasteiger charge is 2.49. The molecule has 0 radical (unpaired) electrons. The number of piperazine rings is 1. The standard InChI is InChI=1S/C22H31F2N3O4/c1-21(2,3)31-20(29)27-10-9-18(22(23,24)16-27)25-11-13-26(14-12-25)19(28)30-15-17-7-5-4-6-8-17/h4-8,18H,9-16H2,1-3H3. The van der Waals surface area contributed by atoms with E-state index in [1.54, 1.807) is 30.6 Å². The Morgan fingerprint density at radius 2 is 1.65 bits per heavy atom. The van der Waals surface area contributed by atoms with E-state index in [0.29, 0.717) is 26.2 Å². The number of carbonyl (C=O) groups is 2. The SMILES string of the molecule is CC(C)(C)OC(=O)N1CCC(N2CCN(C(=O)OCc3ccccc3)CC2)C(F)(F)C1. The van der Waals surface area contributed by atoms with Gasteiger partial charge in [0.15, 0.2) is 0 Å². The quantitative estimate of drug-likeness (QED) is 0.720. The highest BCUT2D eigenvalue weighted by Crippen LogP contribution is 2.32. The van der Waals surface area contributed by atoms with Gasteiger partial charge in [-0.05, 0) is 32.8 Å². The first-order chi connectivity index (χ1) is 14.5. The summed E-state index contributed by atoms with van der Waals surface area (Å²) < 4.78 is 40.3. The van der Waals surface area contributed by atoms with Gasteiger partial charge in [-0.3, -0.25) is 4.90 Å². The molecule has 2 fully saturated rings. The van der Waals surface area contributed by atoms with Crippen LogP contribution in [0.1, 0.15) is 32.8 Å². The number of rotatable bonds is 3. The smallest absolute Gasteiger partial charge is 0.410 e. The minimum atomic E-state index is -3.05. The molecule has 2 aliphatic rings. The molecule has 0 aromatic heterocycles. The Hall–Kier alpha value is -2.42. The average molecular weight is 440 g/mol. The lowest BCUT2D eigenvalue weighted by Gasteiger charge is -2.46. The van der Waals surface area contributed by atoms with Crippen molar-refractivity contribution in [3.05, 3.63) is 35.9 Å². The summed E-state index contributed by atoms with van der Waals surface area (Å²) in [5.74, 6) is -3.05. The van der Waals surface area contributed by atoms with E-state index in [2.05, 4.69) is 0 Å². The molecule has 172 valence electrons. The largest absolute Gasteiger partial charge is 0.445 e. The molecular formula is C22H31F2N3O4. The number of hydrogen-bond acceptors (Lipinski definition) is 5. The van der Waals surface area contributed by atoms with Crippen LogP contribution < -0.4 is 0 Å². The Kier molecular flexibility index (Phi) is 7.03. The molecule has 2 aliphatic heterocycles. The van der Waals surface area contributed by atoms with E-state index in [9.17, 15) is 18.4 Å². The first-order valence-electron chi connectivity index (χ1n) is 10.6. The van der Waals surface area contributed by atoms with Crippen LogP contribution in [0.15, 0.2) is 30.3 Å². The summed E-state index contributed by atoms with van der Waals surface area (Å²) in [5, 5.41) is 0. The van der Waals surface area contributed by atoms with E-state index >= 15 is 0 Å². The molecule has 0 saturated carbocycles. The third-order valence-corrected chi connectivity index (χ3v) is 5.43. The zero-order chi connectivity index (χ0) is 22.6. The van der Waals surface area contributed by atoms with Crippen molar-refractivity contribution in [2.24, 2.45) is 0 Å². The molecule has 9 heteroatoms. The van der Waals surface area contributed by atoms with Crippen molar-refractivity contribution in [3.63, 3.8) is 0 Å². The first-order valence-corrected chi connectivity index (χ1v) is 10.6. The van der Waals surface area contributed by atoms with Gasteiger partial charge in [-0.2, -0.15) is 0 Å². The van der Waals surface area contributed by atoms with Gasteiger partial charge in [-0.15, -0.1) is 0 Å². The fourth-order valence-corrected chi connectivity index (χ4v) is 3.89. The molecule has 2 heterocycles. The Bertz CT molecular complexity index is 762. The maximum absolute atomic E-state index is 14.9. The molecule has 7 nitrogen and oxygen atoms in total. The van der Waals surface area contributed by atoms with Crippen molar-refractivity contribution in [2.75, 3.05) is 39.3 Å². The third kappa shape index (κ3) is 6.29. The van der Waals surface area contributed by atoms with Gasteiger partial charge in [0, 0.05) is 32.7 Å². The average Bonchev–Trinajstić information content (AvgIpc) is 2.71. The normalized spacial score (nSPS) is 22.2. The zero-order valence-electron chi connectivity index (χ0n) is 18.4. The van der Waals surface area contributed by atoms with Crippen molar-refractivity contribution >= 4 is 12.2 Å². The van der Waals surface area contributed by atoms with E-state index in [0.717, 1.165) is 10.5 Å². The number of hydrogen-bond donors (Lipinski definition) is 0.